The van der Waals surface area contributed by atoms with Crippen LogP contribution in [0.1, 0.15) is 17.2 Å². The summed E-state index contributed by atoms with van der Waals surface area (Å²) in [5.41, 5.74) is -0.180. The Morgan fingerprint density at radius 1 is 1.29 bits per heavy atom. The van der Waals surface area contributed by atoms with Gasteiger partial charge >= 0.3 is 6.18 Å². The number of nitrogens with zero attached hydrogens (tertiary/aromatic N) is 4. The van der Waals surface area contributed by atoms with Crippen LogP contribution in [0.25, 0.3) is 0 Å². The normalized spacial score (nSPS) is 12.6. The van der Waals surface area contributed by atoms with Crippen molar-refractivity contribution in [3.8, 4) is 0 Å². The summed E-state index contributed by atoms with van der Waals surface area (Å²) in [5, 5.41) is -0.229. The predicted octanol–water partition coefficient (Wildman–Crippen LogP) is 1.51. The molecule has 2 heterocycles. The van der Waals surface area contributed by atoms with Crippen molar-refractivity contribution >= 4 is 9.84 Å². The minimum absolute atomic E-state index is 0.0439. The van der Waals surface area contributed by atoms with Gasteiger partial charge in [-0.1, -0.05) is 0 Å². The maximum absolute atomic E-state index is 12.6. The second-order valence-corrected chi connectivity index (χ2v) is 6.29. The smallest absolute Gasteiger partial charge is 0.325 e. The monoisotopic (exact) mass is 320 g/mol. The second kappa shape index (κ2) is 5.10. The summed E-state index contributed by atoms with van der Waals surface area (Å²) in [5.74, 6) is -2.03. The molecule has 0 radical (unpaired) electrons. The van der Waals surface area contributed by atoms with Gasteiger partial charge in [-0.05, 0) is 13.0 Å². The Balaban J connectivity index is 2.41. The molecule has 0 unspecified atom stereocenters. The molecule has 0 aliphatic rings. The van der Waals surface area contributed by atoms with Gasteiger partial charge in [0.05, 0.1) is 5.69 Å². The highest BCUT2D eigenvalue weighted by atomic mass is 32.2. The predicted molar refractivity (Wildman–Crippen MR) is 65.9 cm³/mol. The molecule has 114 valence electrons. The van der Waals surface area contributed by atoms with Gasteiger partial charge in [-0.2, -0.15) is 13.2 Å². The van der Waals surface area contributed by atoms with Crippen LogP contribution < -0.4 is 0 Å². The van der Waals surface area contributed by atoms with Crippen molar-refractivity contribution in [2.75, 3.05) is 0 Å². The first-order valence-corrected chi connectivity index (χ1v) is 7.36. The van der Waals surface area contributed by atoms with E-state index in [9.17, 15) is 21.6 Å². The van der Waals surface area contributed by atoms with Crippen molar-refractivity contribution in [3.63, 3.8) is 0 Å². The molecule has 0 bridgehead atoms. The van der Waals surface area contributed by atoms with E-state index in [2.05, 4.69) is 15.0 Å². The van der Waals surface area contributed by atoms with Crippen LogP contribution in [-0.4, -0.2) is 27.9 Å². The molecule has 0 fully saturated rings. The zero-order chi connectivity index (χ0) is 15.8. The first-order valence-electron chi connectivity index (χ1n) is 5.71. The fraction of sp³-hybridized carbons (Fsp3) is 0.364. The Bertz CT molecular complexity index is 768. The molecule has 0 N–H and O–H groups in total. The number of hydrogen-bond acceptors (Lipinski definition) is 5. The highest BCUT2D eigenvalue weighted by Gasteiger charge is 2.35. The molecule has 0 spiro atoms. The van der Waals surface area contributed by atoms with E-state index < -0.39 is 27.6 Å². The molecular weight excluding hydrogens is 309 g/mol. The summed E-state index contributed by atoms with van der Waals surface area (Å²) < 4.78 is 63.4. The van der Waals surface area contributed by atoms with Gasteiger partial charge in [-0.3, -0.25) is 0 Å². The summed E-state index contributed by atoms with van der Waals surface area (Å²) in [6.45, 7) is 1.34. The molecule has 6 nitrogen and oxygen atoms in total. The SMILES string of the molecule is Cc1cc(CS(=O)(=O)c2nccn2C)nc(C(F)(F)F)n1. The standard InChI is InChI=1S/C11H11F3N4O2S/c1-7-5-8(17-9(16-7)11(12,13)14)6-21(19,20)10-15-3-4-18(10)2/h3-5H,6H2,1-2H3. The lowest BCUT2D eigenvalue weighted by atomic mass is 10.3. The molecule has 0 saturated heterocycles. The number of aromatic nitrogens is 4. The number of sulfone groups is 1. The van der Waals surface area contributed by atoms with Gasteiger partial charge < -0.3 is 4.57 Å². The molecule has 2 aromatic heterocycles. The van der Waals surface area contributed by atoms with E-state index in [0.717, 1.165) is 0 Å². The number of hydrogen-bond donors (Lipinski definition) is 0. The highest BCUT2D eigenvalue weighted by Crippen LogP contribution is 2.26. The van der Waals surface area contributed by atoms with Crippen molar-refractivity contribution in [2.24, 2.45) is 7.05 Å². The number of imidazole rings is 1. The zero-order valence-corrected chi connectivity index (χ0v) is 11.9. The number of halogens is 3. The van der Waals surface area contributed by atoms with Crippen molar-refractivity contribution < 1.29 is 21.6 Å². The van der Waals surface area contributed by atoms with Gasteiger partial charge in [-0.25, -0.2) is 23.4 Å². The molecule has 0 aliphatic carbocycles. The van der Waals surface area contributed by atoms with Crippen LogP contribution in [0.2, 0.25) is 0 Å². The van der Waals surface area contributed by atoms with E-state index in [1.54, 1.807) is 0 Å². The summed E-state index contributed by atoms with van der Waals surface area (Å²) in [4.78, 5) is 10.2. The Morgan fingerprint density at radius 3 is 2.48 bits per heavy atom. The van der Waals surface area contributed by atoms with E-state index in [1.165, 1.54) is 37.0 Å². The average molecular weight is 320 g/mol. The van der Waals surface area contributed by atoms with E-state index in [1.807, 2.05) is 0 Å². The fourth-order valence-electron chi connectivity index (χ4n) is 1.75. The quantitative estimate of drug-likeness (QED) is 0.856. The summed E-state index contributed by atoms with van der Waals surface area (Å²) in [7, 11) is -2.41. The molecule has 21 heavy (non-hydrogen) atoms. The summed E-state index contributed by atoms with van der Waals surface area (Å²) in [6.07, 6.45) is -2.01. The second-order valence-electron chi connectivity index (χ2n) is 4.40. The molecule has 0 saturated carbocycles. The van der Waals surface area contributed by atoms with Crippen LogP contribution in [0, 0.1) is 6.92 Å². The third kappa shape index (κ3) is 3.38. The van der Waals surface area contributed by atoms with E-state index in [-0.39, 0.29) is 16.5 Å². The Morgan fingerprint density at radius 2 is 1.95 bits per heavy atom. The van der Waals surface area contributed by atoms with Gasteiger partial charge in [-0.15, -0.1) is 0 Å². The van der Waals surface area contributed by atoms with Crippen molar-refractivity contribution in [1.82, 2.24) is 19.5 Å². The topological polar surface area (TPSA) is 77.7 Å². The van der Waals surface area contributed by atoms with Gasteiger partial charge in [0.1, 0.15) is 5.75 Å². The zero-order valence-electron chi connectivity index (χ0n) is 11.1. The van der Waals surface area contributed by atoms with Crippen LogP contribution in [0.4, 0.5) is 13.2 Å². The molecule has 10 heteroatoms. The first kappa shape index (κ1) is 15.4. The largest absolute Gasteiger partial charge is 0.451 e. The van der Waals surface area contributed by atoms with Gasteiger partial charge in [0, 0.05) is 25.1 Å². The van der Waals surface area contributed by atoms with Gasteiger partial charge in [0.2, 0.25) is 20.8 Å². The molecule has 2 rings (SSSR count). The van der Waals surface area contributed by atoms with Crippen LogP contribution in [0.3, 0.4) is 0 Å². The van der Waals surface area contributed by atoms with Crippen molar-refractivity contribution in [1.29, 1.82) is 0 Å². The van der Waals surface area contributed by atoms with E-state index >= 15 is 0 Å². The lowest BCUT2D eigenvalue weighted by Crippen LogP contribution is -2.16. The third-order valence-electron chi connectivity index (χ3n) is 2.55. The van der Waals surface area contributed by atoms with Crippen molar-refractivity contribution in [2.45, 2.75) is 24.0 Å². The third-order valence-corrected chi connectivity index (χ3v) is 4.18. The van der Waals surface area contributed by atoms with Gasteiger partial charge in [0.15, 0.2) is 0 Å². The Kier molecular flexibility index (Phi) is 3.74. The lowest BCUT2D eigenvalue weighted by molar-refractivity contribution is -0.145. The number of rotatable bonds is 3. The summed E-state index contributed by atoms with van der Waals surface area (Å²) in [6, 6.07) is 1.20. The van der Waals surface area contributed by atoms with Crippen LogP contribution in [0.15, 0.2) is 23.6 Å². The molecule has 2 aromatic rings. The summed E-state index contributed by atoms with van der Waals surface area (Å²) >= 11 is 0. The Labute approximate surface area is 118 Å². The van der Waals surface area contributed by atoms with Crippen LogP contribution >= 0.6 is 0 Å². The number of aryl methyl sites for hydroxylation is 2. The molecular formula is C11H11F3N4O2S. The molecule has 0 atom stereocenters. The molecule has 0 amide bonds. The lowest BCUT2D eigenvalue weighted by Gasteiger charge is -2.09. The highest BCUT2D eigenvalue weighted by molar-refractivity contribution is 7.90. The van der Waals surface area contributed by atoms with E-state index in [0.29, 0.717) is 0 Å². The van der Waals surface area contributed by atoms with Crippen molar-refractivity contribution in [3.05, 3.63) is 35.7 Å². The van der Waals surface area contributed by atoms with E-state index in [4.69, 9.17) is 0 Å². The van der Waals surface area contributed by atoms with Crippen LogP contribution in [-0.2, 0) is 28.8 Å². The van der Waals surface area contributed by atoms with Crippen LogP contribution in [0.5, 0.6) is 0 Å². The minimum atomic E-state index is -4.73. The Hall–Kier alpha value is -1.97. The average Bonchev–Trinajstić information content (AvgIpc) is 2.73. The maximum atomic E-state index is 12.6. The fourth-order valence-corrected chi connectivity index (χ4v) is 3.13. The van der Waals surface area contributed by atoms with Gasteiger partial charge in [0.25, 0.3) is 0 Å². The number of alkyl halides is 3. The molecule has 0 aliphatic heterocycles. The maximum Gasteiger partial charge on any atom is 0.451 e. The molecule has 0 aromatic carbocycles. The minimum Gasteiger partial charge on any atom is -0.325 e. The first-order chi connectivity index (χ1) is 9.59.